The lowest BCUT2D eigenvalue weighted by molar-refractivity contribution is 0.228. The zero-order valence-corrected chi connectivity index (χ0v) is 14.6. The van der Waals surface area contributed by atoms with Crippen LogP contribution in [0.25, 0.3) is 0 Å². The van der Waals surface area contributed by atoms with Crippen LogP contribution in [-0.2, 0) is 0 Å². The van der Waals surface area contributed by atoms with E-state index < -0.39 is 0 Å². The highest BCUT2D eigenvalue weighted by molar-refractivity contribution is 7.99. The fourth-order valence-corrected chi connectivity index (χ4v) is 4.56. The van der Waals surface area contributed by atoms with Crippen molar-refractivity contribution in [3.63, 3.8) is 0 Å². The largest absolute Gasteiger partial charge is 0.335 e. The van der Waals surface area contributed by atoms with E-state index in [2.05, 4.69) is 52.8 Å². The molecule has 2 saturated heterocycles. The van der Waals surface area contributed by atoms with Crippen LogP contribution >= 0.6 is 11.8 Å². The van der Waals surface area contributed by atoms with E-state index in [-0.39, 0.29) is 12.1 Å². The highest BCUT2D eigenvalue weighted by Crippen LogP contribution is 2.24. The van der Waals surface area contributed by atoms with Gasteiger partial charge in [-0.15, -0.1) is 0 Å². The molecule has 0 radical (unpaired) electrons. The SMILES string of the molecule is CC(c1ccccc1)N1CCC(NC(=O)NC2CCSCC2)C1. The van der Waals surface area contributed by atoms with Gasteiger partial charge in [0.15, 0.2) is 0 Å². The maximum atomic E-state index is 12.2. The molecule has 23 heavy (non-hydrogen) atoms. The molecule has 3 rings (SSSR count). The molecule has 2 atom stereocenters. The van der Waals surface area contributed by atoms with Crippen molar-refractivity contribution in [3.8, 4) is 0 Å². The van der Waals surface area contributed by atoms with E-state index in [0.717, 1.165) is 43.9 Å². The third kappa shape index (κ3) is 4.64. The normalized spacial score (nSPS) is 24.3. The smallest absolute Gasteiger partial charge is 0.315 e. The predicted molar refractivity (Wildman–Crippen MR) is 96.8 cm³/mol. The summed E-state index contributed by atoms with van der Waals surface area (Å²) in [5.41, 5.74) is 1.34. The van der Waals surface area contributed by atoms with E-state index in [1.54, 1.807) is 0 Å². The molecule has 2 aliphatic heterocycles. The minimum atomic E-state index is 0.0149. The molecule has 0 saturated carbocycles. The summed E-state index contributed by atoms with van der Waals surface area (Å²) in [6.07, 6.45) is 3.23. The molecule has 126 valence electrons. The third-order valence-corrected chi connectivity index (χ3v) is 5.99. The summed E-state index contributed by atoms with van der Waals surface area (Å²) in [6, 6.07) is 11.6. The molecular formula is C18H27N3OS. The molecular weight excluding hydrogens is 306 g/mol. The average Bonchev–Trinajstić information content (AvgIpc) is 3.04. The van der Waals surface area contributed by atoms with Crippen LogP contribution in [0.5, 0.6) is 0 Å². The van der Waals surface area contributed by atoms with Crippen LogP contribution in [0, 0.1) is 0 Å². The zero-order valence-electron chi connectivity index (χ0n) is 13.8. The number of carbonyl (C=O) groups excluding carboxylic acids is 1. The first-order chi connectivity index (χ1) is 11.2. The predicted octanol–water partition coefficient (Wildman–Crippen LogP) is 3.02. The van der Waals surface area contributed by atoms with Crippen LogP contribution in [-0.4, -0.2) is 47.6 Å². The van der Waals surface area contributed by atoms with Crippen molar-refractivity contribution < 1.29 is 4.79 Å². The van der Waals surface area contributed by atoms with Crippen molar-refractivity contribution >= 4 is 17.8 Å². The molecule has 0 aliphatic carbocycles. The van der Waals surface area contributed by atoms with Crippen molar-refractivity contribution in [3.05, 3.63) is 35.9 Å². The molecule has 0 spiro atoms. The fraction of sp³-hybridized carbons (Fsp3) is 0.611. The van der Waals surface area contributed by atoms with Crippen LogP contribution in [0.2, 0.25) is 0 Å². The first-order valence-electron chi connectivity index (χ1n) is 8.66. The quantitative estimate of drug-likeness (QED) is 0.890. The van der Waals surface area contributed by atoms with E-state index in [9.17, 15) is 4.79 Å². The van der Waals surface area contributed by atoms with Gasteiger partial charge in [-0.25, -0.2) is 4.79 Å². The second-order valence-electron chi connectivity index (χ2n) is 6.57. The first kappa shape index (κ1) is 16.7. The van der Waals surface area contributed by atoms with Crippen LogP contribution in [0.1, 0.15) is 37.8 Å². The molecule has 2 N–H and O–H groups in total. The molecule has 5 heteroatoms. The van der Waals surface area contributed by atoms with Crippen molar-refractivity contribution in [1.29, 1.82) is 0 Å². The Labute approximate surface area is 143 Å². The second kappa shape index (κ2) is 8.06. The number of thioether (sulfide) groups is 1. The van der Waals surface area contributed by atoms with Crippen molar-refractivity contribution in [2.45, 2.75) is 44.3 Å². The molecule has 0 aromatic heterocycles. The van der Waals surface area contributed by atoms with Crippen LogP contribution < -0.4 is 10.6 Å². The van der Waals surface area contributed by atoms with Gasteiger partial charge in [-0.1, -0.05) is 30.3 Å². The number of rotatable bonds is 4. The molecule has 2 heterocycles. The van der Waals surface area contributed by atoms with Crippen LogP contribution in [0.3, 0.4) is 0 Å². The first-order valence-corrected chi connectivity index (χ1v) is 9.81. The van der Waals surface area contributed by atoms with Crippen LogP contribution in [0.15, 0.2) is 30.3 Å². The Morgan fingerprint density at radius 1 is 1.13 bits per heavy atom. The van der Waals surface area contributed by atoms with E-state index in [1.807, 2.05) is 11.8 Å². The van der Waals surface area contributed by atoms with E-state index in [1.165, 1.54) is 5.56 Å². The minimum absolute atomic E-state index is 0.0149. The lowest BCUT2D eigenvalue weighted by atomic mass is 10.1. The van der Waals surface area contributed by atoms with E-state index in [0.29, 0.717) is 12.1 Å². The van der Waals surface area contributed by atoms with Gasteiger partial charge in [0.2, 0.25) is 0 Å². The Hall–Kier alpha value is -1.20. The number of likely N-dealkylation sites (tertiary alicyclic amines) is 1. The Balaban J connectivity index is 1.45. The summed E-state index contributed by atoms with van der Waals surface area (Å²) in [5.74, 6) is 2.33. The number of benzene rings is 1. The minimum Gasteiger partial charge on any atom is -0.335 e. The number of hydrogen-bond acceptors (Lipinski definition) is 3. The Morgan fingerprint density at radius 3 is 2.57 bits per heavy atom. The van der Waals surface area contributed by atoms with Gasteiger partial charge in [0.05, 0.1) is 0 Å². The zero-order chi connectivity index (χ0) is 16.1. The van der Waals surface area contributed by atoms with Crippen molar-refractivity contribution in [1.82, 2.24) is 15.5 Å². The van der Waals surface area contributed by atoms with E-state index in [4.69, 9.17) is 0 Å². The van der Waals surface area contributed by atoms with Gasteiger partial charge in [0.25, 0.3) is 0 Å². The van der Waals surface area contributed by atoms with Crippen molar-refractivity contribution in [2.24, 2.45) is 0 Å². The summed E-state index contributed by atoms with van der Waals surface area (Å²) in [7, 11) is 0. The Kier molecular flexibility index (Phi) is 5.84. The highest BCUT2D eigenvalue weighted by atomic mass is 32.2. The Bertz CT molecular complexity index is 504. The molecule has 2 unspecified atom stereocenters. The van der Waals surface area contributed by atoms with Gasteiger partial charge in [0, 0.05) is 31.2 Å². The second-order valence-corrected chi connectivity index (χ2v) is 7.80. The summed E-state index contributed by atoms with van der Waals surface area (Å²) in [4.78, 5) is 14.6. The lowest BCUT2D eigenvalue weighted by Crippen LogP contribution is -2.48. The van der Waals surface area contributed by atoms with Gasteiger partial charge < -0.3 is 10.6 Å². The maximum absolute atomic E-state index is 12.2. The number of nitrogens with zero attached hydrogens (tertiary/aromatic N) is 1. The molecule has 2 fully saturated rings. The molecule has 4 nitrogen and oxygen atoms in total. The molecule has 1 aromatic carbocycles. The van der Waals surface area contributed by atoms with Gasteiger partial charge in [-0.3, -0.25) is 4.90 Å². The van der Waals surface area contributed by atoms with Gasteiger partial charge in [-0.2, -0.15) is 11.8 Å². The highest BCUT2D eigenvalue weighted by Gasteiger charge is 2.28. The lowest BCUT2D eigenvalue weighted by Gasteiger charge is -2.26. The third-order valence-electron chi connectivity index (χ3n) is 4.94. The number of carbonyl (C=O) groups is 1. The number of amides is 2. The molecule has 0 bridgehead atoms. The van der Waals surface area contributed by atoms with Crippen LogP contribution in [0.4, 0.5) is 4.79 Å². The summed E-state index contributed by atoms with van der Waals surface area (Å²) in [5, 5.41) is 6.30. The fourth-order valence-electron chi connectivity index (χ4n) is 3.45. The number of urea groups is 1. The number of hydrogen-bond donors (Lipinski definition) is 2. The monoisotopic (exact) mass is 333 g/mol. The standard InChI is InChI=1S/C18H27N3OS/c1-14(15-5-3-2-4-6-15)21-10-7-17(13-21)20-18(22)19-16-8-11-23-12-9-16/h2-6,14,16-17H,7-13H2,1H3,(H2,19,20,22). The molecule has 2 aliphatic rings. The summed E-state index contributed by atoms with van der Waals surface area (Å²) >= 11 is 1.98. The van der Waals surface area contributed by atoms with Crippen molar-refractivity contribution in [2.75, 3.05) is 24.6 Å². The Morgan fingerprint density at radius 2 is 1.83 bits per heavy atom. The van der Waals surface area contributed by atoms with Gasteiger partial charge >= 0.3 is 6.03 Å². The van der Waals surface area contributed by atoms with Gasteiger partial charge in [-0.05, 0) is 43.3 Å². The maximum Gasteiger partial charge on any atom is 0.315 e. The van der Waals surface area contributed by atoms with E-state index >= 15 is 0 Å². The number of nitrogens with one attached hydrogen (secondary N) is 2. The topological polar surface area (TPSA) is 44.4 Å². The molecule has 2 amide bonds. The summed E-state index contributed by atoms with van der Waals surface area (Å²) < 4.78 is 0. The van der Waals surface area contributed by atoms with Gasteiger partial charge in [0.1, 0.15) is 0 Å². The summed E-state index contributed by atoms with van der Waals surface area (Å²) in [6.45, 7) is 4.22. The average molecular weight is 334 g/mol. The molecule has 1 aromatic rings.